The number of carbonyl (C=O) groups is 1. The lowest BCUT2D eigenvalue weighted by Crippen LogP contribution is -2.36. The van der Waals surface area contributed by atoms with Gasteiger partial charge in [-0.2, -0.15) is 0 Å². The number of anilines is 2. The lowest BCUT2D eigenvalue weighted by atomic mass is 10.0. The van der Waals surface area contributed by atoms with E-state index in [-0.39, 0.29) is 5.54 Å². The monoisotopic (exact) mass is 237 g/mol. The molecule has 0 heterocycles. The molecule has 0 unspecified atom stereocenters. The van der Waals surface area contributed by atoms with Gasteiger partial charge >= 0.3 is 0 Å². The van der Waals surface area contributed by atoms with Crippen molar-refractivity contribution in [2.24, 2.45) is 5.73 Å². The first-order valence-electron chi connectivity index (χ1n) is 5.33. The third-order valence-electron chi connectivity index (χ3n) is 2.35. The highest BCUT2D eigenvalue weighted by Gasteiger charge is 2.19. The Labute approximate surface area is 101 Å². The molecule has 94 valence electrons. The normalized spacial score (nSPS) is 11.2. The zero-order valence-electron chi connectivity index (χ0n) is 10.4. The molecule has 0 saturated carbocycles. The van der Waals surface area contributed by atoms with Gasteiger partial charge in [0.05, 0.1) is 29.1 Å². The standard InChI is InChI=1S/C12H19N3O2/c1-12(2,7-17-3)15-9-6-4-5-8(10(9)13)11(14)16/h4-6,15H,7,13H2,1-3H3,(H2,14,16). The highest BCUT2D eigenvalue weighted by atomic mass is 16.5. The minimum Gasteiger partial charge on any atom is -0.396 e. The van der Waals surface area contributed by atoms with Crippen molar-refractivity contribution in [3.63, 3.8) is 0 Å². The maximum atomic E-state index is 11.2. The molecular weight excluding hydrogens is 218 g/mol. The predicted molar refractivity (Wildman–Crippen MR) is 69.0 cm³/mol. The topological polar surface area (TPSA) is 90.4 Å². The van der Waals surface area contributed by atoms with Crippen molar-refractivity contribution in [1.29, 1.82) is 0 Å². The molecule has 0 aliphatic heterocycles. The number of para-hydroxylation sites is 1. The van der Waals surface area contributed by atoms with Crippen LogP contribution in [-0.4, -0.2) is 25.2 Å². The quantitative estimate of drug-likeness (QED) is 0.671. The SMILES string of the molecule is COCC(C)(C)Nc1cccc(C(N)=O)c1N. The van der Waals surface area contributed by atoms with Crippen molar-refractivity contribution in [3.8, 4) is 0 Å². The summed E-state index contributed by atoms with van der Waals surface area (Å²) in [7, 11) is 1.63. The Morgan fingerprint density at radius 1 is 1.47 bits per heavy atom. The van der Waals surface area contributed by atoms with E-state index in [0.717, 1.165) is 0 Å². The summed E-state index contributed by atoms with van der Waals surface area (Å²) in [4.78, 5) is 11.2. The van der Waals surface area contributed by atoms with Crippen LogP contribution < -0.4 is 16.8 Å². The van der Waals surface area contributed by atoms with Crippen molar-refractivity contribution >= 4 is 17.3 Å². The number of hydrogen-bond acceptors (Lipinski definition) is 4. The van der Waals surface area contributed by atoms with E-state index < -0.39 is 5.91 Å². The number of amides is 1. The molecule has 0 spiro atoms. The van der Waals surface area contributed by atoms with E-state index in [1.165, 1.54) is 0 Å². The highest BCUT2D eigenvalue weighted by molar-refractivity contribution is 6.00. The summed E-state index contributed by atoms with van der Waals surface area (Å²) in [6, 6.07) is 5.15. The third kappa shape index (κ3) is 3.35. The minimum atomic E-state index is -0.532. The molecule has 0 bridgehead atoms. The van der Waals surface area contributed by atoms with Gasteiger partial charge in [0.2, 0.25) is 0 Å². The maximum Gasteiger partial charge on any atom is 0.250 e. The van der Waals surface area contributed by atoms with Crippen molar-refractivity contribution in [3.05, 3.63) is 23.8 Å². The van der Waals surface area contributed by atoms with Gasteiger partial charge in [-0.05, 0) is 26.0 Å². The van der Waals surface area contributed by atoms with Crippen LogP contribution >= 0.6 is 0 Å². The van der Waals surface area contributed by atoms with Crippen molar-refractivity contribution < 1.29 is 9.53 Å². The number of rotatable bonds is 5. The Hall–Kier alpha value is -1.75. The van der Waals surface area contributed by atoms with Crippen LogP contribution in [-0.2, 0) is 4.74 Å². The molecule has 0 atom stereocenters. The number of hydrogen-bond donors (Lipinski definition) is 3. The van der Waals surface area contributed by atoms with Crippen LogP contribution in [0.2, 0.25) is 0 Å². The summed E-state index contributed by atoms with van der Waals surface area (Å²) in [5, 5.41) is 3.22. The van der Waals surface area contributed by atoms with Crippen molar-refractivity contribution in [2.45, 2.75) is 19.4 Å². The molecule has 17 heavy (non-hydrogen) atoms. The van der Waals surface area contributed by atoms with Gasteiger partial charge in [0.25, 0.3) is 5.91 Å². The summed E-state index contributed by atoms with van der Waals surface area (Å²) < 4.78 is 5.10. The van der Waals surface area contributed by atoms with Gasteiger partial charge in [-0.1, -0.05) is 6.07 Å². The summed E-state index contributed by atoms with van der Waals surface area (Å²) in [6.45, 7) is 4.48. The summed E-state index contributed by atoms with van der Waals surface area (Å²) >= 11 is 0. The van der Waals surface area contributed by atoms with Crippen LogP contribution in [0.4, 0.5) is 11.4 Å². The highest BCUT2D eigenvalue weighted by Crippen LogP contribution is 2.25. The number of benzene rings is 1. The maximum absolute atomic E-state index is 11.2. The van der Waals surface area contributed by atoms with Crippen LogP contribution in [0.25, 0.3) is 0 Å². The fourth-order valence-electron chi connectivity index (χ4n) is 1.65. The predicted octanol–water partition coefficient (Wildman–Crippen LogP) is 1.20. The van der Waals surface area contributed by atoms with E-state index in [0.29, 0.717) is 23.5 Å². The number of nitrogens with two attached hydrogens (primary N) is 2. The van der Waals surface area contributed by atoms with E-state index in [9.17, 15) is 4.79 Å². The molecule has 0 fully saturated rings. The molecule has 1 amide bonds. The van der Waals surface area contributed by atoms with Crippen molar-refractivity contribution in [1.82, 2.24) is 0 Å². The molecule has 0 radical (unpaired) electrons. The first-order valence-corrected chi connectivity index (χ1v) is 5.33. The second kappa shape index (κ2) is 5.05. The van der Waals surface area contributed by atoms with E-state index in [2.05, 4.69) is 5.32 Å². The van der Waals surface area contributed by atoms with E-state index in [1.54, 1.807) is 25.3 Å². The number of nitrogen functional groups attached to an aromatic ring is 1. The summed E-state index contributed by atoms with van der Waals surface area (Å²) in [5.74, 6) is -0.532. The van der Waals surface area contributed by atoms with Gasteiger partial charge in [0, 0.05) is 7.11 Å². The molecular formula is C12H19N3O2. The molecule has 1 rings (SSSR count). The molecule has 0 aromatic heterocycles. The molecule has 0 aliphatic rings. The van der Waals surface area contributed by atoms with Crippen LogP contribution in [0.3, 0.4) is 0 Å². The average Bonchev–Trinajstić information content (AvgIpc) is 2.20. The van der Waals surface area contributed by atoms with Crippen LogP contribution in [0.15, 0.2) is 18.2 Å². The first-order chi connectivity index (χ1) is 7.87. The number of primary amides is 1. The first kappa shape index (κ1) is 13.3. The largest absolute Gasteiger partial charge is 0.396 e. The van der Waals surface area contributed by atoms with Gasteiger partial charge in [-0.25, -0.2) is 0 Å². The van der Waals surface area contributed by atoms with Crippen LogP contribution in [0.1, 0.15) is 24.2 Å². The van der Waals surface area contributed by atoms with E-state index >= 15 is 0 Å². The zero-order valence-corrected chi connectivity index (χ0v) is 10.4. The molecule has 5 heteroatoms. The van der Waals surface area contributed by atoms with Gasteiger partial charge in [0.15, 0.2) is 0 Å². The molecule has 1 aromatic rings. The van der Waals surface area contributed by atoms with Gasteiger partial charge < -0.3 is 21.5 Å². The second-order valence-electron chi connectivity index (χ2n) is 4.57. The fourth-order valence-corrected chi connectivity index (χ4v) is 1.65. The van der Waals surface area contributed by atoms with Crippen LogP contribution in [0, 0.1) is 0 Å². The molecule has 0 aliphatic carbocycles. The third-order valence-corrected chi connectivity index (χ3v) is 2.35. The molecule has 5 nitrogen and oxygen atoms in total. The lowest BCUT2D eigenvalue weighted by Gasteiger charge is -2.27. The molecule has 1 aromatic carbocycles. The molecule has 5 N–H and O–H groups in total. The Kier molecular flexibility index (Phi) is 3.96. The van der Waals surface area contributed by atoms with E-state index in [1.807, 2.05) is 13.8 Å². The van der Waals surface area contributed by atoms with Gasteiger partial charge in [0.1, 0.15) is 0 Å². The fraction of sp³-hybridized carbons (Fsp3) is 0.417. The van der Waals surface area contributed by atoms with Gasteiger partial charge in [-0.3, -0.25) is 4.79 Å². The number of ether oxygens (including phenoxy) is 1. The Balaban J connectivity index is 3.00. The summed E-state index contributed by atoms with van der Waals surface area (Å²) in [6.07, 6.45) is 0. The van der Waals surface area contributed by atoms with Crippen molar-refractivity contribution in [2.75, 3.05) is 24.8 Å². The Bertz CT molecular complexity index is 416. The number of carbonyl (C=O) groups excluding carboxylic acids is 1. The Morgan fingerprint density at radius 3 is 2.65 bits per heavy atom. The number of nitrogens with one attached hydrogen (secondary N) is 1. The number of methoxy groups -OCH3 is 1. The van der Waals surface area contributed by atoms with Gasteiger partial charge in [-0.15, -0.1) is 0 Å². The van der Waals surface area contributed by atoms with E-state index in [4.69, 9.17) is 16.2 Å². The minimum absolute atomic E-state index is 0.279. The summed E-state index contributed by atoms with van der Waals surface area (Å²) in [5.41, 5.74) is 12.2. The lowest BCUT2D eigenvalue weighted by molar-refractivity contribution is 0.100. The smallest absolute Gasteiger partial charge is 0.250 e. The second-order valence-corrected chi connectivity index (χ2v) is 4.57. The Morgan fingerprint density at radius 2 is 2.12 bits per heavy atom. The zero-order chi connectivity index (χ0) is 13.1. The average molecular weight is 237 g/mol. The van der Waals surface area contributed by atoms with Crippen LogP contribution in [0.5, 0.6) is 0 Å². The molecule has 0 saturated heterocycles.